The highest BCUT2D eigenvalue weighted by molar-refractivity contribution is 5.40. The summed E-state index contributed by atoms with van der Waals surface area (Å²) in [5, 5.41) is 0. The minimum atomic E-state index is 0.283. The third-order valence-electron chi connectivity index (χ3n) is 5.02. The van der Waals surface area contributed by atoms with Crippen LogP contribution >= 0.6 is 0 Å². The fraction of sp³-hybridized carbons (Fsp3) is 0.455. The van der Waals surface area contributed by atoms with Crippen molar-refractivity contribution in [3.05, 3.63) is 59.7 Å². The summed E-state index contributed by atoms with van der Waals surface area (Å²) in [5.74, 6) is 0.968. The molecule has 1 fully saturated rings. The second-order valence-electron chi connectivity index (χ2n) is 7.13. The highest BCUT2D eigenvalue weighted by Crippen LogP contribution is 2.32. The van der Waals surface area contributed by atoms with Crippen molar-refractivity contribution in [3.8, 4) is 5.75 Å². The Balaban J connectivity index is 1.51. The standard InChI is InChI=1S/C22H31N3O/c1-2-3-4-5-6-14-26-20-9-7-8-18(15-20)22-16-21(24-25-22)17-10-12-19(23)13-11-17/h7-13,15,21-22,24-25H,2-6,14,16,23H2,1H3. The molecule has 1 saturated heterocycles. The molecule has 140 valence electrons. The van der Waals surface area contributed by atoms with Gasteiger partial charge in [0, 0.05) is 17.8 Å². The Morgan fingerprint density at radius 1 is 0.923 bits per heavy atom. The molecule has 2 unspecified atom stereocenters. The van der Waals surface area contributed by atoms with Gasteiger partial charge in [-0.25, -0.2) is 10.9 Å². The highest BCUT2D eigenvalue weighted by atomic mass is 16.5. The molecule has 1 aliphatic heterocycles. The van der Waals surface area contributed by atoms with Crippen LogP contribution in [0, 0.1) is 0 Å². The van der Waals surface area contributed by atoms with Gasteiger partial charge in [-0.1, -0.05) is 56.9 Å². The number of hydrogen-bond acceptors (Lipinski definition) is 4. The van der Waals surface area contributed by atoms with Crippen molar-refractivity contribution < 1.29 is 4.74 Å². The van der Waals surface area contributed by atoms with Crippen molar-refractivity contribution in [2.75, 3.05) is 12.3 Å². The Hall–Kier alpha value is -2.04. The molecule has 0 spiro atoms. The second kappa shape index (κ2) is 9.60. The maximum Gasteiger partial charge on any atom is 0.119 e. The fourth-order valence-electron chi connectivity index (χ4n) is 3.44. The largest absolute Gasteiger partial charge is 0.494 e. The smallest absolute Gasteiger partial charge is 0.119 e. The number of benzene rings is 2. The minimum Gasteiger partial charge on any atom is -0.494 e. The molecular formula is C22H31N3O. The first-order valence-corrected chi connectivity index (χ1v) is 9.85. The van der Waals surface area contributed by atoms with Crippen LogP contribution in [0.1, 0.15) is 68.7 Å². The summed E-state index contributed by atoms with van der Waals surface area (Å²) in [5.41, 5.74) is 15.9. The van der Waals surface area contributed by atoms with E-state index in [0.717, 1.165) is 30.9 Å². The van der Waals surface area contributed by atoms with Crippen LogP contribution in [-0.4, -0.2) is 6.61 Å². The number of ether oxygens (including phenoxy) is 1. The third kappa shape index (κ3) is 5.23. The normalized spacial score (nSPS) is 19.6. The van der Waals surface area contributed by atoms with Crippen LogP contribution in [0.3, 0.4) is 0 Å². The van der Waals surface area contributed by atoms with Crippen LogP contribution in [0.15, 0.2) is 48.5 Å². The van der Waals surface area contributed by atoms with Crippen molar-refractivity contribution in [1.29, 1.82) is 0 Å². The quantitative estimate of drug-likeness (QED) is 0.443. The maximum absolute atomic E-state index is 5.95. The Labute approximate surface area is 157 Å². The lowest BCUT2D eigenvalue weighted by molar-refractivity contribution is 0.304. The molecule has 0 amide bonds. The molecule has 4 heteroatoms. The zero-order valence-electron chi connectivity index (χ0n) is 15.7. The first kappa shape index (κ1) is 18.7. The van der Waals surface area contributed by atoms with Gasteiger partial charge < -0.3 is 10.5 Å². The average molecular weight is 354 g/mol. The first-order chi connectivity index (χ1) is 12.8. The van der Waals surface area contributed by atoms with Crippen LogP contribution in [-0.2, 0) is 0 Å². The Kier molecular flexibility index (Phi) is 6.92. The maximum atomic E-state index is 5.95. The molecule has 0 aliphatic carbocycles. The first-order valence-electron chi connectivity index (χ1n) is 9.85. The van der Waals surface area contributed by atoms with E-state index >= 15 is 0 Å². The van der Waals surface area contributed by atoms with Crippen LogP contribution in [0.4, 0.5) is 5.69 Å². The van der Waals surface area contributed by atoms with E-state index in [9.17, 15) is 0 Å². The van der Waals surface area contributed by atoms with Crippen molar-refractivity contribution in [1.82, 2.24) is 10.9 Å². The number of unbranched alkanes of at least 4 members (excludes halogenated alkanes) is 4. The van der Waals surface area contributed by atoms with Crippen LogP contribution < -0.4 is 21.3 Å². The summed E-state index contributed by atoms with van der Waals surface area (Å²) < 4.78 is 5.95. The summed E-state index contributed by atoms with van der Waals surface area (Å²) in [4.78, 5) is 0. The lowest BCUT2D eigenvalue weighted by atomic mass is 9.97. The van der Waals surface area contributed by atoms with Gasteiger partial charge in [0.25, 0.3) is 0 Å². The van der Waals surface area contributed by atoms with E-state index in [0.29, 0.717) is 6.04 Å². The molecular weight excluding hydrogens is 322 g/mol. The molecule has 1 aliphatic rings. The monoisotopic (exact) mass is 353 g/mol. The molecule has 2 aromatic rings. The van der Waals surface area contributed by atoms with E-state index in [1.165, 1.54) is 36.8 Å². The van der Waals surface area contributed by atoms with Gasteiger partial charge in [0.05, 0.1) is 6.61 Å². The SMILES string of the molecule is CCCCCCCOc1cccc(C2CC(c3ccc(N)cc3)NN2)c1. The van der Waals surface area contributed by atoms with Crippen molar-refractivity contribution >= 4 is 5.69 Å². The number of hydrogen-bond donors (Lipinski definition) is 3. The lowest BCUT2D eigenvalue weighted by Crippen LogP contribution is -2.26. The number of nitrogens with one attached hydrogen (secondary N) is 2. The van der Waals surface area contributed by atoms with Crippen molar-refractivity contribution in [3.63, 3.8) is 0 Å². The molecule has 0 bridgehead atoms. The van der Waals surface area contributed by atoms with E-state index in [1.54, 1.807) is 0 Å². The van der Waals surface area contributed by atoms with E-state index in [2.05, 4.69) is 54.2 Å². The molecule has 0 saturated carbocycles. The highest BCUT2D eigenvalue weighted by Gasteiger charge is 2.26. The van der Waals surface area contributed by atoms with Crippen LogP contribution in [0.5, 0.6) is 5.75 Å². The Morgan fingerprint density at radius 3 is 2.42 bits per heavy atom. The predicted octanol–water partition coefficient (Wildman–Crippen LogP) is 4.90. The van der Waals surface area contributed by atoms with Gasteiger partial charge in [-0.15, -0.1) is 0 Å². The molecule has 0 radical (unpaired) electrons. The molecule has 2 atom stereocenters. The minimum absolute atomic E-state index is 0.283. The molecule has 4 N–H and O–H groups in total. The van der Waals surface area contributed by atoms with Gasteiger partial charge in [-0.2, -0.15) is 0 Å². The van der Waals surface area contributed by atoms with E-state index in [1.807, 2.05) is 12.1 Å². The molecule has 2 aromatic carbocycles. The third-order valence-corrected chi connectivity index (χ3v) is 5.02. The Morgan fingerprint density at radius 2 is 1.65 bits per heavy atom. The van der Waals surface area contributed by atoms with Gasteiger partial charge >= 0.3 is 0 Å². The number of nitrogen functional groups attached to an aromatic ring is 1. The van der Waals surface area contributed by atoms with Gasteiger partial charge in [0.1, 0.15) is 5.75 Å². The van der Waals surface area contributed by atoms with E-state index in [-0.39, 0.29) is 6.04 Å². The number of nitrogens with two attached hydrogens (primary N) is 1. The molecule has 3 rings (SSSR count). The predicted molar refractivity (Wildman–Crippen MR) is 108 cm³/mol. The summed E-state index contributed by atoms with van der Waals surface area (Å²) in [7, 11) is 0. The molecule has 1 heterocycles. The van der Waals surface area contributed by atoms with Gasteiger partial charge in [-0.05, 0) is 48.2 Å². The van der Waals surface area contributed by atoms with E-state index in [4.69, 9.17) is 10.5 Å². The summed E-state index contributed by atoms with van der Waals surface area (Å²) in [6, 6.07) is 17.1. The number of rotatable bonds is 9. The van der Waals surface area contributed by atoms with Crippen LogP contribution in [0.25, 0.3) is 0 Å². The summed E-state index contributed by atoms with van der Waals surface area (Å²) in [6.07, 6.45) is 7.31. The van der Waals surface area contributed by atoms with Crippen molar-refractivity contribution in [2.24, 2.45) is 0 Å². The molecule has 0 aromatic heterocycles. The van der Waals surface area contributed by atoms with Crippen LogP contribution in [0.2, 0.25) is 0 Å². The zero-order valence-corrected chi connectivity index (χ0v) is 15.7. The van der Waals surface area contributed by atoms with Gasteiger partial charge in [0.15, 0.2) is 0 Å². The zero-order chi connectivity index (χ0) is 18.2. The second-order valence-corrected chi connectivity index (χ2v) is 7.13. The Bertz CT molecular complexity index is 671. The number of anilines is 1. The number of hydrazine groups is 1. The average Bonchev–Trinajstić information content (AvgIpc) is 3.16. The van der Waals surface area contributed by atoms with Gasteiger partial charge in [0.2, 0.25) is 0 Å². The molecule has 26 heavy (non-hydrogen) atoms. The topological polar surface area (TPSA) is 59.3 Å². The van der Waals surface area contributed by atoms with Crippen molar-refractivity contribution in [2.45, 2.75) is 57.5 Å². The van der Waals surface area contributed by atoms with E-state index < -0.39 is 0 Å². The summed E-state index contributed by atoms with van der Waals surface area (Å²) in [6.45, 7) is 3.04. The fourth-order valence-corrected chi connectivity index (χ4v) is 3.44. The van der Waals surface area contributed by atoms with Gasteiger partial charge in [-0.3, -0.25) is 0 Å². The summed E-state index contributed by atoms with van der Waals surface area (Å²) >= 11 is 0. The molecule has 4 nitrogen and oxygen atoms in total. The lowest BCUT2D eigenvalue weighted by Gasteiger charge is -2.13.